The van der Waals surface area contributed by atoms with Crippen LogP contribution in [0.1, 0.15) is 65.3 Å². The molecule has 3 aromatic rings. The van der Waals surface area contributed by atoms with E-state index in [1.165, 1.54) is 0 Å². The van der Waals surface area contributed by atoms with E-state index in [1.807, 2.05) is 19.1 Å². The second kappa shape index (κ2) is 9.40. The molecule has 3 aliphatic rings. The number of fused-ring (bicyclic) bond motifs is 1. The highest BCUT2D eigenvalue weighted by Crippen LogP contribution is 2.48. The van der Waals surface area contributed by atoms with E-state index in [4.69, 9.17) is 16.3 Å². The van der Waals surface area contributed by atoms with Gasteiger partial charge in [0.15, 0.2) is 17.3 Å². The van der Waals surface area contributed by atoms with Crippen LogP contribution in [0.4, 0.5) is 5.82 Å². The highest BCUT2D eigenvalue weighted by Gasteiger charge is 2.53. The molecule has 0 spiro atoms. The number of pyridine rings is 1. The van der Waals surface area contributed by atoms with Crippen LogP contribution < -0.4 is 15.0 Å². The molecule has 0 radical (unpaired) electrons. The zero-order valence-electron chi connectivity index (χ0n) is 21.0. The first-order valence-corrected chi connectivity index (χ1v) is 13.0. The minimum absolute atomic E-state index is 0.0130. The van der Waals surface area contributed by atoms with E-state index in [0.717, 1.165) is 30.4 Å². The molecule has 2 saturated carbocycles. The lowest BCUT2D eigenvalue weighted by Gasteiger charge is -2.36. The Morgan fingerprint density at radius 2 is 2.11 bits per heavy atom. The molecule has 1 N–H and O–H groups in total. The predicted molar refractivity (Wildman–Crippen MR) is 138 cm³/mol. The number of piperidine rings is 1. The highest BCUT2D eigenvalue weighted by molar-refractivity contribution is 6.30. The number of benzene rings is 1. The fraction of sp³-hybridized carbons (Fsp3) is 0.407. The summed E-state index contributed by atoms with van der Waals surface area (Å²) < 4.78 is 7.17. The van der Waals surface area contributed by atoms with Gasteiger partial charge in [0.1, 0.15) is 0 Å². The Hall–Kier alpha value is -3.97. The number of carbonyl (C=O) groups is 2. The molecule has 1 unspecified atom stereocenters. The number of nitrogens with one attached hydrogen (secondary N) is 1. The molecule has 38 heavy (non-hydrogen) atoms. The Bertz CT molecular complexity index is 1480. The quantitative estimate of drug-likeness (QED) is 0.494. The molecule has 1 aromatic carbocycles. The number of hydrogen-bond acceptors (Lipinski definition) is 7. The number of carbonyl (C=O) groups excluding carboxylic acids is 2. The number of halogens is 1. The van der Waals surface area contributed by atoms with Gasteiger partial charge in [-0.15, -0.1) is 5.10 Å². The van der Waals surface area contributed by atoms with Crippen LogP contribution in [0, 0.1) is 23.2 Å². The molecule has 1 aliphatic heterocycles. The maximum atomic E-state index is 12.8. The van der Waals surface area contributed by atoms with Crippen LogP contribution in [0.15, 0.2) is 36.7 Å². The van der Waals surface area contributed by atoms with Crippen LogP contribution in [0.3, 0.4) is 0 Å². The van der Waals surface area contributed by atoms with Crippen molar-refractivity contribution in [3.05, 3.63) is 64.1 Å². The SMILES string of the molecule is COc1cc(C(C)n2cc(C(=O)NC3CC(c4cc(Cl)ccc4C#N)C3)nn2)cnc1N1C[C@H]2C[C@H]2C1=O. The fourth-order valence-electron chi connectivity index (χ4n) is 5.45. The average molecular weight is 532 g/mol. The third kappa shape index (κ3) is 4.27. The molecular formula is C27H26ClN7O3. The molecule has 2 aromatic heterocycles. The number of hydrogen-bond donors (Lipinski definition) is 1. The van der Waals surface area contributed by atoms with Crippen molar-refractivity contribution in [2.24, 2.45) is 11.8 Å². The number of anilines is 1. The summed E-state index contributed by atoms with van der Waals surface area (Å²) in [5, 5.41) is 21.2. The molecule has 194 valence electrons. The Balaban J connectivity index is 1.09. The molecule has 2 amide bonds. The van der Waals surface area contributed by atoms with Crippen LogP contribution >= 0.6 is 11.6 Å². The summed E-state index contributed by atoms with van der Waals surface area (Å²) in [5.41, 5.74) is 2.57. The highest BCUT2D eigenvalue weighted by atomic mass is 35.5. The number of aromatic nitrogens is 4. The van der Waals surface area contributed by atoms with Gasteiger partial charge in [-0.05, 0) is 73.4 Å². The Morgan fingerprint density at radius 3 is 2.82 bits per heavy atom. The molecule has 2 aliphatic carbocycles. The summed E-state index contributed by atoms with van der Waals surface area (Å²) in [6.07, 6.45) is 5.74. The van der Waals surface area contributed by atoms with Crippen molar-refractivity contribution < 1.29 is 14.3 Å². The number of amides is 2. The van der Waals surface area contributed by atoms with Gasteiger partial charge in [0.25, 0.3) is 5.91 Å². The summed E-state index contributed by atoms with van der Waals surface area (Å²) in [6.45, 7) is 2.61. The Kier molecular flexibility index (Phi) is 6.03. The van der Waals surface area contributed by atoms with E-state index < -0.39 is 0 Å². The smallest absolute Gasteiger partial charge is 0.273 e. The van der Waals surface area contributed by atoms with E-state index >= 15 is 0 Å². The average Bonchev–Trinajstić information content (AvgIpc) is 3.36. The molecule has 11 heteroatoms. The van der Waals surface area contributed by atoms with Crippen LogP contribution in [0.5, 0.6) is 5.75 Å². The fourth-order valence-corrected chi connectivity index (χ4v) is 5.63. The van der Waals surface area contributed by atoms with Gasteiger partial charge in [0, 0.05) is 29.7 Å². The zero-order valence-corrected chi connectivity index (χ0v) is 21.7. The first kappa shape index (κ1) is 24.4. The van der Waals surface area contributed by atoms with Gasteiger partial charge < -0.3 is 10.1 Å². The van der Waals surface area contributed by atoms with E-state index in [1.54, 1.807) is 41.2 Å². The first-order valence-electron chi connectivity index (χ1n) is 12.6. The third-order valence-corrected chi connectivity index (χ3v) is 8.16. The van der Waals surface area contributed by atoms with Gasteiger partial charge in [0.05, 0.1) is 31.0 Å². The molecule has 3 atom stereocenters. The van der Waals surface area contributed by atoms with Gasteiger partial charge in [-0.3, -0.25) is 14.5 Å². The van der Waals surface area contributed by atoms with Gasteiger partial charge in [-0.2, -0.15) is 5.26 Å². The van der Waals surface area contributed by atoms with Crippen molar-refractivity contribution in [3.8, 4) is 11.8 Å². The third-order valence-electron chi connectivity index (χ3n) is 7.92. The maximum Gasteiger partial charge on any atom is 0.273 e. The van der Waals surface area contributed by atoms with Crippen molar-refractivity contribution >= 4 is 29.2 Å². The van der Waals surface area contributed by atoms with Crippen LogP contribution in [0.25, 0.3) is 0 Å². The summed E-state index contributed by atoms with van der Waals surface area (Å²) in [7, 11) is 1.56. The minimum Gasteiger partial charge on any atom is -0.493 e. The van der Waals surface area contributed by atoms with Gasteiger partial charge in [-0.25, -0.2) is 9.67 Å². The number of nitriles is 1. The van der Waals surface area contributed by atoms with Gasteiger partial charge in [-0.1, -0.05) is 16.8 Å². The largest absolute Gasteiger partial charge is 0.493 e. The lowest BCUT2D eigenvalue weighted by molar-refractivity contribution is -0.118. The van der Waals surface area contributed by atoms with Crippen molar-refractivity contribution in [2.45, 2.75) is 44.2 Å². The number of methoxy groups -OCH3 is 1. The predicted octanol–water partition coefficient (Wildman–Crippen LogP) is 3.47. The molecule has 3 heterocycles. The second-order valence-electron chi connectivity index (χ2n) is 10.3. The number of nitrogens with zero attached hydrogens (tertiary/aromatic N) is 6. The van der Waals surface area contributed by atoms with Crippen molar-refractivity contribution in [2.75, 3.05) is 18.6 Å². The lowest BCUT2D eigenvalue weighted by atomic mass is 9.74. The van der Waals surface area contributed by atoms with E-state index in [2.05, 4.69) is 26.7 Å². The maximum absolute atomic E-state index is 12.8. The topological polar surface area (TPSA) is 126 Å². The second-order valence-corrected chi connectivity index (χ2v) is 10.7. The molecule has 1 saturated heterocycles. The van der Waals surface area contributed by atoms with E-state index in [-0.39, 0.29) is 41.4 Å². The van der Waals surface area contributed by atoms with Gasteiger partial charge in [0.2, 0.25) is 5.91 Å². The van der Waals surface area contributed by atoms with Crippen molar-refractivity contribution in [1.82, 2.24) is 25.3 Å². The first-order chi connectivity index (χ1) is 18.4. The molecule has 10 nitrogen and oxygen atoms in total. The number of ether oxygens (including phenoxy) is 1. The molecule has 3 fully saturated rings. The zero-order chi connectivity index (χ0) is 26.6. The van der Waals surface area contributed by atoms with Crippen molar-refractivity contribution in [1.29, 1.82) is 5.26 Å². The Morgan fingerprint density at radius 1 is 1.29 bits per heavy atom. The minimum atomic E-state index is -0.296. The van der Waals surface area contributed by atoms with E-state index in [9.17, 15) is 14.9 Å². The summed E-state index contributed by atoms with van der Waals surface area (Å²) in [5.74, 6) is 1.64. The van der Waals surface area contributed by atoms with Gasteiger partial charge >= 0.3 is 0 Å². The Labute approximate surface area is 224 Å². The summed E-state index contributed by atoms with van der Waals surface area (Å²) in [4.78, 5) is 31.6. The van der Waals surface area contributed by atoms with Crippen LogP contribution in [0.2, 0.25) is 5.02 Å². The summed E-state index contributed by atoms with van der Waals surface area (Å²) in [6, 6.07) is 9.07. The summed E-state index contributed by atoms with van der Waals surface area (Å²) >= 11 is 6.12. The normalized spacial score (nSPS) is 24.3. The van der Waals surface area contributed by atoms with Crippen LogP contribution in [-0.2, 0) is 4.79 Å². The van der Waals surface area contributed by atoms with Crippen LogP contribution in [-0.4, -0.2) is 51.5 Å². The molecule has 0 bridgehead atoms. The molecular weight excluding hydrogens is 506 g/mol. The monoisotopic (exact) mass is 531 g/mol. The van der Waals surface area contributed by atoms with E-state index in [0.29, 0.717) is 34.6 Å². The molecule has 6 rings (SSSR count). The van der Waals surface area contributed by atoms with Crippen molar-refractivity contribution in [3.63, 3.8) is 0 Å². The lowest BCUT2D eigenvalue weighted by Crippen LogP contribution is -2.43. The standard InChI is InChI=1S/C27H26ClN7O3/c1-14(17-8-24(38-2)25(30-11-17)34-12-18-7-22(18)27(34)37)35-13-23(32-33-35)26(36)31-20-5-16(6-20)21-9-19(28)4-3-15(21)10-29/h3-4,8-9,11,13-14,16,18,20,22H,5-7,12H2,1-2H3,(H,31,36)/t14?,16?,18-,20?,22-/m1/s1. The number of rotatable bonds is 7.